The molecule has 0 aliphatic carbocycles. The van der Waals surface area contributed by atoms with E-state index in [1.165, 1.54) is 9.42 Å². The third kappa shape index (κ3) is 4.20. The number of likely N-dealkylation sites (N-methyl/N-ethyl adjacent to an activating group) is 1. The summed E-state index contributed by atoms with van der Waals surface area (Å²) in [7, 11) is 1.66. The monoisotopic (exact) mass is 384 g/mol. The fourth-order valence-corrected chi connectivity index (χ4v) is 2.79. The summed E-state index contributed by atoms with van der Waals surface area (Å²) in [5, 5.41) is 11.4. The average Bonchev–Trinajstić information content (AvgIpc) is 3.12. The summed E-state index contributed by atoms with van der Waals surface area (Å²) < 4.78 is 6.39. The van der Waals surface area contributed by atoms with Gasteiger partial charge >= 0.3 is 5.97 Å². The number of nitrogens with zero attached hydrogens (tertiary/aromatic N) is 3. The number of hydrogen-bond donors (Lipinski definition) is 2. The lowest BCUT2D eigenvalue weighted by molar-refractivity contribution is -0.139. The molecule has 0 atom stereocenters. The van der Waals surface area contributed by atoms with Crippen molar-refractivity contribution >= 4 is 17.5 Å². The van der Waals surface area contributed by atoms with Gasteiger partial charge in [-0.2, -0.15) is 0 Å². The number of ether oxygens (including phenoxy) is 1. The Morgan fingerprint density at radius 1 is 1.25 bits per heavy atom. The molecule has 1 amide bonds. The zero-order valence-electron chi connectivity index (χ0n) is 15.5. The molecule has 0 spiro atoms. The van der Waals surface area contributed by atoms with Gasteiger partial charge in [0.15, 0.2) is 12.3 Å². The van der Waals surface area contributed by atoms with E-state index in [0.29, 0.717) is 29.2 Å². The molecule has 28 heavy (non-hydrogen) atoms. The first-order chi connectivity index (χ1) is 13.3. The fourth-order valence-electron chi connectivity index (χ4n) is 2.79. The van der Waals surface area contributed by atoms with E-state index in [-0.39, 0.29) is 17.9 Å². The summed E-state index contributed by atoms with van der Waals surface area (Å²) in [5.41, 5.74) is 1.97. The lowest BCUT2D eigenvalue weighted by atomic mass is 10.1. The van der Waals surface area contributed by atoms with E-state index in [2.05, 4.69) is 10.1 Å². The minimum atomic E-state index is -1.05. The first kappa shape index (κ1) is 19.2. The number of fused-ring (bicyclic) bond motifs is 1. The van der Waals surface area contributed by atoms with Crippen LogP contribution >= 0.6 is 0 Å². The average molecular weight is 384 g/mol. The summed E-state index contributed by atoms with van der Waals surface area (Å²) in [5.74, 6) is -0.818. The number of carboxylic acids is 1. The minimum absolute atomic E-state index is 0.0457. The summed E-state index contributed by atoms with van der Waals surface area (Å²) >= 11 is 0. The highest BCUT2D eigenvalue weighted by atomic mass is 16.5. The highest BCUT2D eigenvalue weighted by Gasteiger charge is 2.17. The number of aromatic amines is 1. The first-order valence-electron chi connectivity index (χ1n) is 8.58. The Kier molecular flexibility index (Phi) is 5.44. The van der Waals surface area contributed by atoms with Gasteiger partial charge in [0.25, 0.3) is 5.56 Å². The molecule has 2 aromatic heterocycles. The Bertz CT molecular complexity index is 1070. The minimum Gasteiger partial charge on any atom is -0.482 e. The summed E-state index contributed by atoms with van der Waals surface area (Å²) in [6.45, 7) is 1.65. The Morgan fingerprint density at radius 3 is 2.64 bits per heavy atom. The largest absolute Gasteiger partial charge is 0.482 e. The number of aryl methyl sites for hydroxylation is 1. The quantitative estimate of drug-likeness (QED) is 0.628. The molecule has 3 rings (SSSR count). The molecule has 146 valence electrons. The Morgan fingerprint density at radius 2 is 1.96 bits per heavy atom. The highest BCUT2D eigenvalue weighted by Crippen LogP contribution is 2.14. The fraction of sp³-hybridized carbons (Fsp3) is 0.263. The topological polar surface area (TPSA) is 117 Å². The van der Waals surface area contributed by atoms with Crippen LogP contribution in [0.4, 0.5) is 0 Å². The lowest BCUT2D eigenvalue weighted by Gasteiger charge is -2.18. The van der Waals surface area contributed by atoms with Crippen LogP contribution in [0.1, 0.15) is 16.8 Å². The van der Waals surface area contributed by atoms with Crippen molar-refractivity contribution in [2.24, 2.45) is 0 Å². The van der Waals surface area contributed by atoms with Crippen LogP contribution in [-0.2, 0) is 22.6 Å². The molecule has 0 aliphatic heterocycles. The van der Waals surface area contributed by atoms with Crippen LogP contribution in [0.15, 0.2) is 41.3 Å². The van der Waals surface area contributed by atoms with Crippen LogP contribution in [0, 0.1) is 6.92 Å². The van der Waals surface area contributed by atoms with E-state index in [0.717, 1.165) is 5.56 Å². The predicted octanol–water partition coefficient (Wildman–Crippen LogP) is 0.996. The third-order valence-corrected chi connectivity index (χ3v) is 4.30. The lowest BCUT2D eigenvalue weighted by Crippen LogP contribution is -2.31. The van der Waals surface area contributed by atoms with Crippen molar-refractivity contribution in [2.75, 3.05) is 13.7 Å². The molecule has 0 unspecified atom stereocenters. The Balaban J connectivity index is 1.67. The molecule has 0 aliphatic rings. The maximum absolute atomic E-state index is 12.6. The van der Waals surface area contributed by atoms with Crippen molar-refractivity contribution in [3.05, 3.63) is 63.7 Å². The Labute approximate surface area is 160 Å². The number of benzene rings is 1. The molecule has 9 nitrogen and oxygen atoms in total. The van der Waals surface area contributed by atoms with Gasteiger partial charge in [-0.05, 0) is 24.6 Å². The van der Waals surface area contributed by atoms with Crippen molar-refractivity contribution in [1.82, 2.24) is 19.5 Å². The van der Waals surface area contributed by atoms with Gasteiger partial charge in [-0.3, -0.25) is 14.7 Å². The molecule has 3 aromatic rings. The van der Waals surface area contributed by atoms with Crippen LogP contribution in [0.3, 0.4) is 0 Å². The number of carbonyl (C=O) groups excluding carboxylic acids is 1. The molecule has 2 heterocycles. The molecular formula is C19H20N4O5. The van der Waals surface area contributed by atoms with Crippen molar-refractivity contribution in [2.45, 2.75) is 19.9 Å². The highest BCUT2D eigenvalue weighted by molar-refractivity contribution is 5.78. The van der Waals surface area contributed by atoms with Crippen molar-refractivity contribution < 1.29 is 19.4 Å². The van der Waals surface area contributed by atoms with Gasteiger partial charge in [0.1, 0.15) is 5.75 Å². The van der Waals surface area contributed by atoms with Crippen LogP contribution in [0.25, 0.3) is 5.65 Å². The van der Waals surface area contributed by atoms with Gasteiger partial charge in [0.05, 0.1) is 6.42 Å². The third-order valence-electron chi connectivity index (χ3n) is 4.30. The van der Waals surface area contributed by atoms with E-state index in [9.17, 15) is 14.4 Å². The molecule has 1 aromatic carbocycles. The standard InChI is InChI=1S/C19H20N4O5/c1-12-15(19(27)23-16(21-12)7-8-20-23)9-17(24)22(2)10-13-3-5-14(6-4-13)28-11-18(25)26/h3-8,20H,9-11H2,1-2H3,(H,25,26). The van der Waals surface area contributed by atoms with Crippen LogP contribution in [-0.4, -0.2) is 50.1 Å². The maximum atomic E-state index is 12.6. The van der Waals surface area contributed by atoms with Gasteiger partial charge in [-0.15, -0.1) is 0 Å². The number of rotatable bonds is 7. The number of amides is 1. The molecular weight excluding hydrogens is 364 g/mol. The normalized spacial score (nSPS) is 10.8. The number of carboxylic acid groups (broad SMARTS) is 1. The molecule has 0 bridgehead atoms. The zero-order chi connectivity index (χ0) is 20.3. The predicted molar refractivity (Wildman–Crippen MR) is 100 cm³/mol. The van der Waals surface area contributed by atoms with Crippen molar-refractivity contribution in [3.8, 4) is 5.75 Å². The Hall–Kier alpha value is -3.62. The van der Waals surface area contributed by atoms with E-state index >= 15 is 0 Å². The van der Waals surface area contributed by atoms with E-state index in [1.54, 1.807) is 50.5 Å². The van der Waals surface area contributed by atoms with Gasteiger partial charge in [-0.1, -0.05) is 12.1 Å². The summed E-state index contributed by atoms with van der Waals surface area (Å²) in [4.78, 5) is 41.5. The zero-order valence-corrected chi connectivity index (χ0v) is 15.5. The molecule has 9 heteroatoms. The second-order valence-corrected chi connectivity index (χ2v) is 6.39. The van der Waals surface area contributed by atoms with Gasteiger partial charge in [0, 0.05) is 37.1 Å². The molecule has 2 N–H and O–H groups in total. The molecule has 0 saturated carbocycles. The number of aliphatic carboxylic acids is 1. The van der Waals surface area contributed by atoms with Crippen LogP contribution < -0.4 is 10.3 Å². The molecule has 0 fully saturated rings. The maximum Gasteiger partial charge on any atom is 0.341 e. The van der Waals surface area contributed by atoms with E-state index in [4.69, 9.17) is 9.84 Å². The number of carbonyl (C=O) groups is 2. The molecule has 0 radical (unpaired) electrons. The van der Waals surface area contributed by atoms with Gasteiger partial charge < -0.3 is 14.7 Å². The van der Waals surface area contributed by atoms with Crippen LogP contribution in [0.5, 0.6) is 5.75 Å². The second-order valence-electron chi connectivity index (χ2n) is 6.39. The van der Waals surface area contributed by atoms with Gasteiger partial charge in [-0.25, -0.2) is 14.3 Å². The van der Waals surface area contributed by atoms with Crippen molar-refractivity contribution in [1.29, 1.82) is 0 Å². The number of hydrogen-bond acceptors (Lipinski definition) is 5. The van der Waals surface area contributed by atoms with Gasteiger partial charge in [0.2, 0.25) is 5.91 Å². The first-order valence-corrected chi connectivity index (χ1v) is 8.58. The van der Waals surface area contributed by atoms with E-state index < -0.39 is 12.6 Å². The van der Waals surface area contributed by atoms with Crippen LogP contribution in [0.2, 0.25) is 0 Å². The molecule has 0 saturated heterocycles. The number of H-pyrrole nitrogens is 1. The van der Waals surface area contributed by atoms with E-state index in [1.807, 2.05) is 0 Å². The summed E-state index contributed by atoms with van der Waals surface area (Å²) in [6, 6.07) is 8.50. The smallest absolute Gasteiger partial charge is 0.341 e. The number of nitrogens with one attached hydrogen (secondary N) is 1. The summed E-state index contributed by atoms with van der Waals surface area (Å²) in [6.07, 6.45) is 1.57. The second kappa shape index (κ2) is 7.95. The SMILES string of the molecule is Cc1nc2cc[nH]n2c(=O)c1CC(=O)N(C)Cc1ccc(OCC(=O)O)cc1. The van der Waals surface area contributed by atoms with Crippen molar-refractivity contribution in [3.63, 3.8) is 0 Å². The number of aromatic nitrogens is 3.